The van der Waals surface area contributed by atoms with Crippen molar-refractivity contribution in [3.05, 3.63) is 145 Å². The van der Waals surface area contributed by atoms with Crippen LogP contribution in [0, 0.1) is 23.7 Å². The van der Waals surface area contributed by atoms with E-state index in [1.165, 1.54) is 59.4 Å². The molecule has 3 heteroatoms. The van der Waals surface area contributed by atoms with Gasteiger partial charge in [0.1, 0.15) is 11.2 Å². The van der Waals surface area contributed by atoms with Gasteiger partial charge in [0.05, 0.1) is 22.4 Å². The largest absolute Gasteiger partial charge is 0.456 e. The lowest BCUT2D eigenvalue weighted by molar-refractivity contribution is -0.0399. The van der Waals surface area contributed by atoms with Crippen molar-refractivity contribution in [1.29, 1.82) is 0 Å². The molecule has 1 spiro atoms. The van der Waals surface area contributed by atoms with Gasteiger partial charge in [0.25, 0.3) is 0 Å². The predicted octanol–water partition coefficient (Wildman–Crippen LogP) is 12.9. The fourth-order valence-electron chi connectivity index (χ4n) is 12.3. The number of furan rings is 1. The topological polar surface area (TPSA) is 38.9 Å². The van der Waals surface area contributed by atoms with Gasteiger partial charge in [-0.3, -0.25) is 0 Å². The standard InChI is InChI=1S/C50H36N2O/c1-2-10-30(11-3-1)46-47(52-49-37-15-7-5-13-35(37)34-12-4-6-14-36(34)48(49)51-46)31-18-20-42-39(27-31)45-43(53-42)21-19-41-44(45)38-16-8-9-17-40(38)50(41)32-23-28-22-29(25-32)26-33(50)24-28/h1-21,27-29,32-33H,22-26H2. The summed E-state index contributed by atoms with van der Waals surface area (Å²) >= 11 is 0. The molecule has 252 valence electrons. The zero-order chi connectivity index (χ0) is 34.4. The summed E-state index contributed by atoms with van der Waals surface area (Å²) in [6.45, 7) is 0. The van der Waals surface area contributed by atoms with Gasteiger partial charge in [-0.15, -0.1) is 0 Å². The van der Waals surface area contributed by atoms with E-state index in [1.54, 1.807) is 11.1 Å². The minimum Gasteiger partial charge on any atom is -0.456 e. The van der Waals surface area contributed by atoms with E-state index in [-0.39, 0.29) is 5.41 Å². The summed E-state index contributed by atoms with van der Waals surface area (Å²) in [5.74, 6) is 3.27. The fraction of sp³-hybridized carbons (Fsp3) is 0.200. The van der Waals surface area contributed by atoms with E-state index in [9.17, 15) is 0 Å². The highest BCUT2D eigenvalue weighted by Gasteiger charge is 2.61. The Kier molecular flexibility index (Phi) is 5.53. The van der Waals surface area contributed by atoms with Gasteiger partial charge in [-0.1, -0.05) is 109 Å². The summed E-state index contributed by atoms with van der Waals surface area (Å²) in [4.78, 5) is 11.1. The van der Waals surface area contributed by atoms with Crippen LogP contribution in [0.3, 0.4) is 0 Å². The van der Waals surface area contributed by atoms with Crippen LogP contribution in [0.4, 0.5) is 0 Å². The molecule has 0 atom stereocenters. The van der Waals surface area contributed by atoms with Crippen molar-refractivity contribution in [2.24, 2.45) is 23.7 Å². The van der Waals surface area contributed by atoms with Gasteiger partial charge < -0.3 is 4.42 Å². The molecule has 0 radical (unpaired) electrons. The molecule has 14 rings (SSSR count). The lowest BCUT2D eigenvalue weighted by atomic mass is 9.43. The highest BCUT2D eigenvalue weighted by molar-refractivity contribution is 6.23. The second-order valence-corrected chi connectivity index (χ2v) is 16.5. The summed E-state index contributed by atoms with van der Waals surface area (Å²) < 4.78 is 6.73. The molecule has 0 amide bonds. The summed E-state index contributed by atoms with van der Waals surface area (Å²) in [6.07, 6.45) is 6.97. The molecule has 3 nitrogen and oxygen atoms in total. The Labute approximate surface area is 307 Å². The lowest BCUT2D eigenvalue weighted by Gasteiger charge is -2.61. The molecule has 0 aliphatic heterocycles. The number of aromatic nitrogens is 2. The molecule has 2 heterocycles. The lowest BCUT2D eigenvalue weighted by Crippen LogP contribution is -2.55. The Bertz CT molecular complexity index is 3000. The molecule has 9 aromatic rings. The number of hydrogen-bond donors (Lipinski definition) is 0. The fourth-order valence-corrected chi connectivity index (χ4v) is 12.3. The molecule has 2 aromatic heterocycles. The van der Waals surface area contributed by atoms with Crippen molar-refractivity contribution >= 4 is 54.5 Å². The molecule has 0 saturated heterocycles. The highest BCUT2D eigenvalue weighted by Crippen LogP contribution is 2.70. The van der Waals surface area contributed by atoms with Gasteiger partial charge >= 0.3 is 0 Å². The normalized spacial score (nSPS) is 23.9. The predicted molar refractivity (Wildman–Crippen MR) is 216 cm³/mol. The van der Waals surface area contributed by atoms with Gasteiger partial charge in [-0.2, -0.15) is 0 Å². The molecule has 53 heavy (non-hydrogen) atoms. The number of fused-ring (bicyclic) bond motifs is 13. The summed E-state index contributed by atoms with van der Waals surface area (Å²) in [7, 11) is 0. The van der Waals surface area contributed by atoms with Crippen molar-refractivity contribution < 1.29 is 4.42 Å². The third-order valence-electron chi connectivity index (χ3n) is 14.0. The number of rotatable bonds is 2. The first-order valence-corrected chi connectivity index (χ1v) is 19.5. The van der Waals surface area contributed by atoms with Crippen molar-refractivity contribution in [2.45, 2.75) is 37.5 Å². The van der Waals surface area contributed by atoms with Crippen molar-refractivity contribution in [3.8, 4) is 33.6 Å². The van der Waals surface area contributed by atoms with Gasteiger partial charge in [-0.05, 0) is 113 Å². The maximum Gasteiger partial charge on any atom is 0.136 e. The van der Waals surface area contributed by atoms with Crippen molar-refractivity contribution in [3.63, 3.8) is 0 Å². The Morgan fingerprint density at radius 1 is 0.472 bits per heavy atom. The Hall–Kier alpha value is -5.80. The van der Waals surface area contributed by atoms with Crippen LogP contribution in [0.5, 0.6) is 0 Å². The van der Waals surface area contributed by atoms with E-state index in [2.05, 4.69) is 133 Å². The van der Waals surface area contributed by atoms with Crippen molar-refractivity contribution in [2.75, 3.05) is 0 Å². The zero-order valence-corrected chi connectivity index (χ0v) is 29.3. The average molecular weight is 681 g/mol. The highest BCUT2D eigenvalue weighted by atomic mass is 16.3. The third kappa shape index (κ3) is 3.65. The minimum atomic E-state index is 0.114. The Balaban J connectivity index is 1.10. The summed E-state index contributed by atoms with van der Waals surface area (Å²) in [5, 5.41) is 7.07. The first kappa shape index (κ1) is 28.7. The van der Waals surface area contributed by atoms with E-state index < -0.39 is 0 Å². The number of nitrogens with zero attached hydrogens (tertiary/aromatic N) is 2. The Morgan fingerprint density at radius 3 is 1.75 bits per heavy atom. The second kappa shape index (κ2) is 10.2. The van der Waals surface area contributed by atoms with Crippen LogP contribution in [-0.4, -0.2) is 9.97 Å². The molecular weight excluding hydrogens is 645 g/mol. The molecule has 0 unspecified atom stereocenters. The quantitative estimate of drug-likeness (QED) is 0.171. The van der Waals surface area contributed by atoms with Crippen LogP contribution in [0.2, 0.25) is 0 Å². The van der Waals surface area contributed by atoms with E-state index in [0.717, 1.165) is 84.5 Å². The van der Waals surface area contributed by atoms with E-state index >= 15 is 0 Å². The van der Waals surface area contributed by atoms with Crippen LogP contribution in [0.25, 0.3) is 88.2 Å². The number of hydrogen-bond acceptors (Lipinski definition) is 3. The maximum absolute atomic E-state index is 6.73. The minimum absolute atomic E-state index is 0.114. The van der Waals surface area contributed by atoms with E-state index in [4.69, 9.17) is 14.4 Å². The van der Waals surface area contributed by atoms with Crippen LogP contribution >= 0.6 is 0 Å². The Morgan fingerprint density at radius 2 is 1.06 bits per heavy atom. The van der Waals surface area contributed by atoms with Crippen LogP contribution in [0.15, 0.2) is 138 Å². The number of benzene rings is 7. The summed E-state index contributed by atoms with van der Waals surface area (Å²) in [5.41, 5.74) is 13.7. The van der Waals surface area contributed by atoms with Crippen LogP contribution in [0.1, 0.15) is 43.2 Å². The van der Waals surface area contributed by atoms with Gasteiger partial charge in [0.2, 0.25) is 0 Å². The molecule has 4 saturated carbocycles. The first-order valence-electron chi connectivity index (χ1n) is 19.5. The van der Waals surface area contributed by atoms with E-state index in [1.807, 2.05) is 0 Å². The summed E-state index contributed by atoms with van der Waals surface area (Å²) in [6, 6.07) is 48.7. The monoisotopic (exact) mass is 680 g/mol. The maximum atomic E-state index is 6.73. The average Bonchev–Trinajstić information content (AvgIpc) is 3.73. The third-order valence-corrected chi connectivity index (χ3v) is 14.0. The molecule has 0 N–H and O–H groups in total. The van der Waals surface area contributed by atoms with Crippen LogP contribution < -0.4 is 0 Å². The van der Waals surface area contributed by atoms with Gasteiger partial charge in [0, 0.05) is 38.1 Å². The molecule has 4 fully saturated rings. The molecule has 4 bridgehead atoms. The second-order valence-electron chi connectivity index (χ2n) is 16.5. The molecular formula is C50H36N2O. The molecule has 5 aliphatic rings. The van der Waals surface area contributed by atoms with E-state index in [0.29, 0.717) is 0 Å². The van der Waals surface area contributed by atoms with Gasteiger partial charge in [0.15, 0.2) is 0 Å². The molecule has 5 aliphatic carbocycles. The first-order chi connectivity index (χ1) is 26.2. The van der Waals surface area contributed by atoms with Crippen molar-refractivity contribution in [1.82, 2.24) is 9.97 Å². The van der Waals surface area contributed by atoms with Gasteiger partial charge in [-0.25, -0.2) is 9.97 Å². The SMILES string of the molecule is c1ccc(-c2nc3c4ccccc4c4ccccc4c3nc2-c2ccc3oc4ccc5c(c4c3c2)-c2ccccc2C52C3CC4CC(C3)CC2C4)cc1. The van der Waals surface area contributed by atoms with Crippen LogP contribution in [-0.2, 0) is 5.41 Å². The smallest absolute Gasteiger partial charge is 0.136 e. The zero-order valence-electron chi connectivity index (χ0n) is 29.3. The molecule has 7 aromatic carbocycles.